The average Bonchev–Trinajstić information content (AvgIpc) is 3.50. The zero-order valence-electron chi connectivity index (χ0n) is 30.5. The van der Waals surface area contributed by atoms with Gasteiger partial charge in [0.05, 0.1) is 13.7 Å². The molecule has 0 fully saturated rings. The van der Waals surface area contributed by atoms with E-state index in [-0.39, 0.29) is 35.3 Å². The van der Waals surface area contributed by atoms with Crippen LogP contribution in [0, 0.1) is 0 Å². The molecule has 0 atom stereocenters. The van der Waals surface area contributed by atoms with Gasteiger partial charge in [-0.3, -0.25) is 0 Å². The molecule has 0 aliphatic rings. The van der Waals surface area contributed by atoms with Crippen molar-refractivity contribution in [2.24, 2.45) is 0 Å². The molecule has 0 spiro atoms. The van der Waals surface area contributed by atoms with E-state index in [9.17, 15) is 0 Å². The number of rotatable bonds is 3. The number of furan rings is 1. The SMILES string of the molecule is [2H]c1c([2H])c([2H])c(-c2cc(-c3c4ccccc4c(-c4c([2H])c([2H])c([2H])c([2H])c4[2H])c4ccccc34)c3c(c2)oc2ccccc23)c([2H])c1[2H]. The van der Waals surface area contributed by atoms with Gasteiger partial charge >= 0.3 is 0 Å². The van der Waals surface area contributed by atoms with Gasteiger partial charge < -0.3 is 4.42 Å². The highest BCUT2D eigenvalue weighted by Crippen LogP contribution is 2.47. The Balaban J connectivity index is 1.59. The second-order valence-corrected chi connectivity index (χ2v) is 9.34. The van der Waals surface area contributed by atoms with E-state index in [0.29, 0.717) is 38.6 Å². The summed E-state index contributed by atoms with van der Waals surface area (Å²) in [5, 5.41) is 4.36. The molecule has 0 N–H and O–H groups in total. The fourth-order valence-corrected chi connectivity index (χ4v) is 5.65. The van der Waals surface area contributed by atoms with Crippen molar-refractivity contribution in [2.75, 3.05) is 0 Å². The van der Waals surface area contributed by atoms with Gasteiger partial charge in [-0.1, -0.05) is 127 Å². The smallest absolute Gasteiger partial charge is 0.136 e. The van der Waals surface area contributed by atoms with Crippen molar-refractivity contribution < 1.29 is 18.1 Å². The molecule has 7 aromatic carbocycles. The van der Waals surface area contributed by atoms with E-state index in [1.807, 2.05) is 78.9 Å². The van der Waals surface area contributed by atoms with Crippen LogP contribution in [0.15, 0.2) is 150 Å². The minimum absolute atomic E-state index is 0.0407. The minimum Gasteiger partial charge on any atom is -0.456 e. The number of hydrogen-bond donors (Lipinski definition) is 0. The van der Waals surface area contributed by atoms with Gasteiger partial charge in [-0.05, 0) is 73.1 Å². The molecule has 0 saturated heterocycles. The van der Waals surface area contributed by atoms with Gasteiger partial charge in [0.2, 0.25) is 0 Å². The molecule has 0 aliphatic heterocycles. The van der Waals surface area contributed by atoms with E-state index in [1.165, 1.54) is 0 Å². The number of fused-ring (bicyclic) bond motifs is 5. The van der Waals surface area contributed by atoms with E-state index >= 15 is 0 Å². The predicted molar refractivity (Wildman–Crippen MR) is 165 cm³/mol. The van der Waals surface area contributed by atoms with E-state index in [4.69, 9.17) is 18.1 Å². The van der Waals surface area contributed by atoms with Gasteiger partial charge in [-0.2, -0.15) is 0 Å². The van der Waals surface area contributed by atoms with Crippen LogP contribution in [0.1, 0.15) is 13.7 Å². The molecule has 8 aromatic rings. The molecular weight excluding hydrogens is 472 g/mol. The number of para-hydroxylation sites is 1. The standard InChI is InChI=1S/C38H24O/c1-3-13-25(14-4-1)27-23-33(38-32-21-11-12-22-34(32)39-35(38)24-27)37-30-19-9-7-17-28(30)36(26-15-5-2-6-16-26)29-18-8-10-20-31(29)37/h1-24H/i1D,2D,3D,4D,5D,6D,13D,14D,15D,16D. The van der Waals surface area contributed by atoms with Gasteiger partial charge in [0, 0.05) is 10.8 Å². The molecule has 0 unspecified atom stereocenters. The van der Waals surface area contributed by atoms with Gasteiger partial charge in [0.15, 0.2) is 0 Å². The summed E-state index contributed by atoms with van der Waals surface area (Å²) in [6, 6.07) is 22.1. The Labute approximate surface area is 240 Å². The Kier molecular flexibility index (Phi) is 3.16. The lowest BCUT2D eigenvalue weighted by Gasteiger charge is -2.19. The first-order chi connectivity index (χ1) is 23.5. The Bertz CT molecular complexity index is 2620. The van der Waals surface area contributed by atoms with Crippen LogP contribution in [-0.2, 0) is 0 Å². The minimum atomic E-state index is -0.482. The summed E-state index contributed by atoms with van der Waals surface area (Å²) in [5.74, 6) is 0. The van der Waals surface area contributed by atoms with E-state index in [2.05, 4.69) is 0 Å². The number of hydrogen-bond acceptors (Lipinski definition) is 1. The Morgan fingerprint density at radius 1 is 0.436 bits per heavy atom. The maximum atomic E-state index is 8.87. The molecule has 1 heterocycles. The zero-order valence-corrected chi connectivity index (χ0v) is 20.5. The maximum Gasteiger partial charge on any atom is 0.136 e. The Hall–Kier alpha value is -5.14. The molecule has 0 aliphatic carbocycles. The van der Waals surface area contributed by atoms with Crippen LogP contribution in [-0.4, -0.2) is 0 Å². The van der Waals surface area contributed by atoms with Gasteiger partial charge in [-0.15, -0.1) is 0 Å². The molecule has 0 saturated carbocycles. The highest BCUT2D eigenvalue weighted by molar-refractivity contribution is 6.26. The fraction of sp³-hybridized carbons (Fsp3) is 0. The Morgan fingerprint density at radius 2 is 0.949 bits per heavy atom. The normalized spacial score (nSPS) is 15.2. The van der Waals surface area contributed by atoms with Crippen molar-refractivity contribution in [3.63, 3.8) is 0 Å². The second kappa shape index (κ2) is 8.72. The third kappa shape index (κ3) is 3.41. The molecule has 8 rings (SSSR count). The summed E-state index contributed by atoms with van der Waals surface area (Å²) >= 11 is 0. The molecule has 182 valence electrons. The van der Waals surface area contributed by atoms with Crippen molar-refractivity contribution in [1.82, 2.24) is 0 Å². The quantitative estimate of drug-likeness (QED) is 0.217. The highest BCUT2D eigenvalue weighted by atomic mass is 16.3. The molecular formula is C38H24O. The second-order valence-electron chi connectivity index (χ2n) is 9.34. The molecule has 0 radical (unpaired) electrons. The van der Waals surface area contributed by atoms with Crippen molar-refractivity contribution in [1.29, 1.82) is 0 Å². The van der Waals surface area contributed by atoms with Gasteiger partial charge in [0.1, 0.15) is 11.2 Å². The molecule has 1 heteroatoms. The monoisotopic (exact) mass is 506 g/mol. The van der Waals surface area contributed by atoms with Crippen LogP contribution < -0.4 is 0 Å². The van der Waals surface area contributed by atoms with Crippen molar-refractivity contribution in [2.45, 2.75) is 0 Å². The topological polar surface area (TPSA) is 13.1 Å². The van der Waals surface area contributed by atoms with Gasteiger partial charge in [0.25, 0.3) is 0 Å². The summed E-state index contributed by atoms with van der Waals surface area (Å²) in [5.41, 5.74) is 3.53. The molecule has 0 amide bonds. The van der Waals surface area contributed by atoms with E-state index in [1.54, 1.807) is 6.07 Å². The summed E-state index contributed by atoms with van der Waals surface area (Å²) < 4.78 is 91.5. The van der Waals surface area contributed by atoms with Crippen LogP contribution in [0.3, 0.4) is 0 Å². The summed E-state index contributed by atoms with van der Waals surface area (Å²) in [7, 11) is 0. The van der Waals surface area contributed by atoms with Crippen LogP contribution >= 0.6 is 0 Å². The summed E-state index contributed by atoms with van der Waals surface area (Å²) in [6.45, 7) is 0. The van der Waals surface area contributed by atoms with E-state index in [0.717, 1.165) is 27.1 Å². The third-order valence-corrected chi connectivity index (χ3v) is 7.22. The first-order valence-corrected chi connectivity index (χ1v) is 12.5. The van der Waals surface area contributed by atoms with Crippen molar-refractivity contribution in [3.05, 3.63) is 145 Å². The third-order valence-electron chi connectivity index (χ3n) is 7.22. The molecule has 1 nitrogen and oxygen atoms in total. The van der Waals surface area contributed by atoms with Crippen molar-refractivity contribution in [3.8, 4) is 33.4 Å². The lowest BCUT2D eigenvalue weighted by atomic mass is 9.84. The van der Waals surface area contributed by atoms with Crippen LogP contribution in [0.5, 0.6) is 0 Å². The largest absolute Gasteiger partial charge is 0.456 e. The van der Waals surface area contributed by atoms with Crippen LogP contribution in [0.2, 0.25) is 0 Å². The molecule has 0 bridgehead atoms. The summed E-state index contributed by atoms with van der Waals surface area (Å²) in [4.78, 5) is 0. The Morgan fingerprint density at radius 3 is 1.56 bits per heavy atom. The lowest BCUT2D eigenvalue weighted by molar-refractivity contribution is 0.669. The van der Waals surface area contributed by atoms with Gasteiger partial charge in [-0.25, -0.2) is 0 Å². The summed E-state index contributed by atoms with van der Waals surface area (Å²) in [6.07, 6.45) is 0. The fourth-order valence-electron chi connectivity index (χ4n) is 5.65. The predicted octanol–water partition coefficient (Wildman–Crippen LogP) is 10.9. The highest BCUT2D eigenvalue weighted by Gasteiger charge is 2.21. The number of benzene rings is 7. The molecule has 39 heavy (non-hydrogen) atoms. The first kappa shape index (κ1) is 14.1. The van der Waals surface area contributed by atoms with Crippen LogP contribution in [0.4, 0.5) is 0 Å². The van der Waals surface area contributed by atoms with Crippen molar-refractivity contribution >= 4 is 43.5 Å². The average molecular weight is 507 g/mol. The lowest BCUT2D eigenvalue weighted by Crippen LogP contribution is -1.92. The molecule has 1 aromatic heterocycles. The van der Waals surface area contributed by atoms with E-state index < -0.39 is 36.3 Å². The maximum absolute atomic E-state index is 8.87. The first-order valence-electron chi connectivity index (χ1n) is 17.5. The zero-order chi connectivity index (χ0) is 34.5. The van der Waals surface area contributed by atoms with Crippen LogP contribution in [0.25, 0.3) is 76.9 Å².